The van der Waals surface area contributed by atoms with E-state index in [9.17, 15) is 14.4 Å². The number of nitrogens with zero attached hydrogens (tertiary/aromatic N) is 6. The van der Waals surface area contributed by atoms with Crippen LogP contribution in [0.15, 0.2) is 24.4 Å². The summed E-state index contributed by atoms with van der Waals surface area (Å²) in [6, 6.07) is 5.48. The monoisotopic (exact) mass is 398 g/mol. The van der Waals surface area contributed by atoms with Crippen molar-refractivity contribution >= 4 is 23.2 Å². The number of piperazine rings is 2. The molecule has 4 rings (SSSR count). The smallest absolute Gasteiger partial charge is 0.290 e. The Balaban J connectivity index is 1.60. The number of aromatic nitrogens is 2. The summed E-state index contributed by atoms with van der Waals surface area (Å²) in [5.41, 5.74) is 0.920. The molecule has 0 bridgehead atoms. The second kappa shape index (κ2) is 7.82. The van der Waals surface area contributed by atoms with Crippen molar-refractivity contribution in [2.24, 2.45) is 0 Å². The molecule has 9 nitrogen and oxygen atoms in total. The quantitative estimate of drug-likeness (QED) is 0.713. The van der Waals surface area contributed by atoms with E-state index in [0.717, 1.165) is 13.1 Å². The predicted octanol–water partition coefficient (Wildman–Crippen LogP) is 0.0262. The molecule has 0 saturated carbocycles. The molecule has 9 heteroatoms. The Morgan fingerprint density at radius 1 is 0.828 bits per heavy atom. The van der Waals surface area contributed by atoms with E-state index in [4.69, 9.17) is 0 Å². The fourth-order valence-corrected chi connectivity index (χ4v) is 3.87. The first-order valence-corrected chi connectivity index (χ1v) is 9.95. The molecule has 0 aliphatic carbocycles. The van der Waals surface area contributed by atoms with Crippen LogP contribution in [0.25, 0.3) is 5.52 Å². The number of hydrogen-bond donors (Lipinski definition) is 0. The fraction of sp³-hybridized carbons (Fsp3) is 0.500. The van der Waals surface area contributed by atoms with Crippen LogP contribution in [-0.4, -0.2) is 106 Å². The SMILES string of the molecule is CC(=O)N1CCN(C(=O)c2nc(C(=O)N3CCN(C)CC3)n3ccccc23)CC1. The number of rotatable bonds is 2. The molecule has 2 aromatic heterocycles. The second-order valence-corrected chi connectivity index (χ2v) is 7.63. The highest BCUT2D eigenvalue weighted by Gasteiger charge is 2.30. The molecule has 2 aliphatic rings. The lowest BCUT2D eigenvalue weighted by molar-refractivity contribution is -0.130. The number of hydrogen-bond acceptors (Lipinski definition) is 5. The summed E-state index contributed by atoms with van der Waals surface area (Å²) >= 11 is 0. The number of pyridine rings is 1. The maximum absolute atomic E-state index is 13.2. The van der Waals surface area contributed by atoms with Crippen molar-refractivity contribution in [1.29, 1.82) is 0 Å². The van der Waals surface area contributed by atoms with Gasteiger partial charge in [-0.2, -0.15) is 0 Å². The van der Waals surface area contributed by atoms with Gasteiger partial charge in [-0.05, 0) is 19.2 Å². The Morgan fingerprint density at radius 2 is 1.41 bits per heavy atom. The van der Waals surface area contributed by atoms with Crippen molar-refractivity contribution in [2.45, 2.75) is 6.92 Å². The molecular weight excluding hydrogens is 372 g/mol. The van der Waals surface area contributed by atoms with E-state index in [2.05, 4.69) is 9.88 Å². The van der Waals surface area contributed by atoms with Crippen LogP contribution in [0.5, 0.6) is 0 Å². The first kappa shape index (κ1) is 19.4. The molecule has 0 spiro atoms. The molecule has 4 heterocycles. The first-order chi connectivity index (χ1) is 14.0. The summed E-state index contributed by atoms with van der Waals surface area (Å²) in [5, 5.41) is 0. The normalized spacial score (nSPS) is 18.3. The Bertz CT molecular complexity index is 939. The topological polar surface area (TPSA) is 81.5 Å². The highest BCUT2D eigenvalue weighted by atomic mass is 16.2. The zero-order chi connectivity index (χ0) is 20.5. The van der Waals surface area contributed by atoms with E-state index in [0.29, 0.717) is 50.5 Å². The van der Waals surface area contributed by atoms with Crippen molar-refractivity contribution in [2.75, 3.05) is 59.4 Å². The third-order valence-corrected chi connectivity index (χ3v) is 5.74. The predicted molar refractivity (Wildman–Crippen MR) is 107 cm³/mol. The van der Waals surface area contributed by atoms with E-state index >= 15 is 0 Å². The van der Waals surface area contributed by atoms with Crippen LogP contribution < -0.4 is 0 Å². The van der Waals surface area contributed by atoms with Gasteiger partial charge in [0.25, 0.3) is 11.8 Å². The number of carbonyl (C=O) groups excluding carboxylic acids is 3. The van der Waals surface area contributed by atoms with Gasteiger partial charge in [0.2, 0.25) is 11.7 Å². The average Bonchev–Trinajstić information content (AvgIpc) is 3.13. The summed E-state index contributed by atoms with van der Waals surface area (Å²) in [4.78, 5) is 49.7. The fourth-order valence-electron chi connectivity index (χ4n) is 3.87. The van der Waals surface area contributed by atoms with Gasteiger partial charge in [-0.1, -0.05) is 6.07 Å². The number of amides is 3. The summed E-state index contributed by atoms with van der Waals surface area (Å²) in [5.74, 6) is -0.0606. The maximum atomic E-state index is 13.2. The van der Waals surface area contributed by atoms with E-state index < -0.39 is 0 Å². The van der Waals surface area contributed by atoms with Crippen LogP contribution in [-0.2, 0) is 4.79 Å². The highest BCUT2D eigenvalue weighted by molar-refractivity contribution is 6.02. The van der Waals surface area contributed by atoms with Crippen LogP contribution in [0, 0.1) is 0 Å². The second-order valence-electron chi connectivity index (χ2n) is 7.63. The molecule has 0 unspecified atom stereocenters. The van der Waals surface area contributed by atoms with Crippen LogP contribution in [0.2, 0.25) is 0 Å². The van der Waals surface area contributed by atoms with Crippen LogP contribution >= 0.6 is 0 Å². The summed E-state index contributed by atoms with van der Waals surface area (Å²) in [6.45, 7) is 6.43. The Morgan fingerprint density at radius 3 is 2.07 bits per heavy atom. The van der Waals surface area contributed by atoms with E-state index in [1.807, 2.05) is 25.2 Å². The van der Waals surface area contributed by atoms with Crippen LogP contribution in [0.3, 0.4) is 0 Å². The molecule has 2 fully saturated rings. The zero-order valence-electron chi connectivity index (χ0n) is 16.9. The third-order valence-electron chi connectivity index (χ3n) is 5.74. The van der Waals surface area contributed by atoms with Gasteiger partial charge in [0, 0.05) is 65.5 Å². The largest absolute Gasteiger partial charge is 0.339 e. The van der Waals surface area contributed by atoms with Crippen LogP contribution in [0.1, 0.15) is 28.0 Å². The van der Waals surface area contributed by atoms with Gasteiger partial charge in [-0.25, -0.2) is 4.98 Å². The molecule has 2 aliphatic heterocycles. The molecule has 0 N–H and O–H groups in total. The number of likely N-dealkylation sites (N-methyl/N-ethyl adjacent to an activating group) is 1. The van der Waals surface area contributed by atoms with Crippen molar-refractivity contribution in [3.63, 3.8) is 0 Å². The highest BCUT2D eigenvalue weighted by Crippen LogP contribution is 2.18. The van der Waals surface area contributed by atoms with Gasteiger partial charge in [0.1, 0.15) is 0 Å². The van der Waals surface area contributed by atoms with Crippen molar-refractivity contribution in [3.8, 4) is 0 Å². The lowest BCUT2D eigenvalue weighted by Crippen LogP contribution is -2.50. The molecule has 0 atom stereocenters. The minimum atomic E-state index is -0.200. The molecule has 29 heavy (non-hydrogen) atoms. The molecule has 3 amide bonds. The first-order valence-electron chi connectivity index (χ1n) is 9.95. The number of carbonyl (C=O) groups is 3. The maximum Gasteiger partial charge on any atom is 0.290 e. The van der Waals surface area contributed by atoms with Gasteiger partial charge >= 0.3 is 0 Å². The molecule has 2 saturated heterocycles. The van der Waals surface area contributed by atoms with Crippen molar-refractivity contribution in [3.05, 3.63) is 35.9 Å². The molecule has 154 valence electrons. The third kappa shape index (κ3) is 3.69. The van der Waals surface area contributed by atoms with Gasteiger partial charge < -0.3 is 19.6 Å². The van der Waals surface area contributed by atoms with Gasteiger partial charge in [-0.15, -0.1) is 0 Å². The number of imidazole rings is 1. The Hall–Kier alpha value is -2.94. The molecule has 0 radical (unpaired) electrons. The summed E-state index contributed by atoms with van der Waals surface area (Å²) in [6.07, 6.45) is 1.77. The van der Waals surface area contributed by atoms with Gasteiger partial charge in [0.05, 0.1) is 5.52 Å². The van der Waals surface area contributed by atoms with E-state index in [1.165, 1.54) is 6.92 Å². The lowest BCUT2D eigenvalue weighted by Gasteiger charge is -2.33. The standard InChI is InChI=1S/C20H26N6O3/c1-15(27)23-11-13-24(14-12-23)19(28)17-16-5-3-4-6-26(16)18(21-17)20(29)25-9-7-22(2)8-10-25/h3-6H,7-14H2,1-2H3. The van der Waals surface area contributed by atoms with Gasteiger partial charge in [0.15, 0.2) is 5.69 Å². The molecular formula is C20H26N6O3. The van der Waals surface area contributed by atoms with E-state index in [1.54, 1.807) is 25.3 Å². The average molecular weight is 398 g/mol. The molecule has 0 aromatic carbocycles. The minimum absolute atomic E-state index is 0.0181. The van der Waals surface area contributed by atoms with E-state index in [-0.39, 0.29) is 23.5 Å². The van der Waals surface area contributed by atoms with Gasteiger partial charge in [-0.3, -0.25) is 18.8 Å². The molecule has 2 aromatic rings. The zero-order valence-corrected chi connectivity index (χ0v) is 16.9. The van der Waals surface area contributed by atoms with Crippen molar-refractivity contribution in [1.82, 2.24) is 29.0 Å². The minimum Gasteiger partial charge on any atom is -0.339 e. The Labute approximate surface area is 169 Å². The summed E-state index contributed by atoms with van der Waals surface area (Å²) < 4.78 is 1.71. The van der Waals surface area contributed by atoms with Crippen LogP contribution in [0.4, 0.5) is 0 Å². The summed E-state index contributed by atoms with van der Waals surface area (Å²) in [7, 11) is 2.04. The van der Waals surface area contributed by atoms with Crippen molar-refractivity contribution < 1.29 is 14.4 Å². The lowest BCUT2D eigenvalue weighted by atomic mass is 10.2. The Kier molecular flexibility index (Phi) is 5.23. The number of fused-ring (bicyclic) bond motifs is 1.